The fourth-order valence-electron chi connectivity index (χ4n) is 2.19. The molecule has 98 valence electrons. The summed E-state index contributed by atoms with van der Waals surface area (Å²) in [5.41, 5.74) is 2.82. The van der Waals surface area contributed by atoms with E-state index in [2.05, 4.69) is 19.2 Å². The van der Waals surface area contributed by atoms with Crippen molar-refractivity contribution in [3.05, 3.63) is 29.3 Å². The van der Waals surface area contributed by atoms with Gasteiger partial charge in [-0.15, -0.1) is 0 Å². The third kappa shape index (κ3) is 2.64. The predicted molar refractivity (Wildman–Crippen MR) is 71.3 cm³/mol. The number of benzene rings is 1. The molecule has 0 aromatic heterocycles. The second-order valence-corrected chi connectivity index (χ2v) is 5.35. The zero-order valence-electron chi connectivity index (χ0n) is 11.1. The standard InChI is InChI=1S/C14H20N2O2/c1-9(2)6-13(17)10-4-5-12-11(7-10)8-16(3)14(18)15-12/h4-5,7,9,13,17H,6,8H2,1-3H3,(H,15,18). The van der Waals surface area contributed by atoms with E-state index in [1.807, 2.05) is 18.2 Å². The fourth-order valence-corrected chi connectivity index (χ4v) is 2.19. The SMILES string of the molecule is CC(C)CC(O)c1ccc2c(c1)CN(C)C(=O)N2. The minimum absolute atomic E-state index is 0.0852. The van der Waals surface area contributed by atoms with Crippen molar-refractivity contribution in [3.8, 4) is 0 Å². The lowest BCUT2D eigenvalue weighted by Gasteiger charge is -2.27. The summed E-state index contributed by atoms with van der Waals surface area (Å²) in [6, 6.07) is 5.66. The van der Waals surface area contributed by atoms with Crippen LogP contribution in [0.2, 0.25) is 0 Å². The maximum absolute atomic E-state index is 11.5. The average molecular weight is 248 g/mol. The Morgan fingerprint density at radius 2 is 2.17 bits per heavy atom. The number of carbonyl (C=O) groups excluding carboxylic acids is 1. The topological polar surface area (TPSA) is 52.6 Å². The molecule has 0 fully saturated rings. The lowest BCUT2D eigenvalue weighted by atomic mass is 9.97. The lowest BCUT2D eigenvalue weighted by molar-refractivity contribution is 0.151. The van der Waals surface area contributed by atoms with Crippen LogP contribution in [-0.4, -0.2) is 23.1 Å². The first-order chi connectivity index (χ1) is 8.47. The number of hydrogen-bond acceptors (Lipinski definition) is 2. The lowest BCUT2D eigenvalue weighted by Crippen LogP contribution is -2.35. The number of carbonyl (C=O) groups is 1. The van der Waals surface area contributed by atoms with E-state index < -0.39 is 6.10 Å². The Morgan fingerprint density at radius 3 is 2.83 bits per heavy atom. The molecule has 0 saturated carbocycles. The highest BCUT2D eigenvalue weighted by molar-refractivity contribution is 5.92. The van der Waals surface area contributed by atoms with Gasteiger partial charge < -0.3 is 15.3 Å². The number of aliphatic hydroxyl groups is 1. The summed E-state index contributed by atoms with van der Waals surface area (Å²) in [6.07, 6.45) is 0.319. The van der Waals surface area contributed by atoms with Crippen molar-refractivity contribution < 1.29 is 9.90 Å². The Hall–Kier alpha value is -1.55. The Labute approximate surface area is 108 Å². The van der Waals surface area contributed by atoms with Gasteiger partial charge in [-0.25, -0.2) is 4.79 Å². The molecule has 1 aliphatic heterocycles. The van der Waals surface area contributed by atoms with Crippen LogP contribution in [0.4, 0.5) is 10.5 Å². The molecule has 18 heavy (non-hydrogen) atoms. The molecule has 1 unspecified atom stereocenters. The Morgan fingerprint density at radius 1 is 1.44 bits per heavy atom. The summed E-state index contributed by atoms with van der Waals surface area (Å²) in [5.74, 6) is 0.457. The molecule has 0 radical (unpaired) electrons. The van der Waals surface area contributed by atoms with Crippen molar-refractivity contribution in [1.82, 2.24) is 4.90 Å². The summed E-state index contributed by atoms with van der Waals surface area (Å²) < 4.78 is 0. The highest BCUT2D eigenvalue weighted by Crippen LogP contribution is 2.28. The number of anilines is 1. The Bertz CT molecular complexity index is 457. The molecular weight excluding hydrogens is 228 g/mol. The molecule has 2 rings (SSSR count). The van der Waals surface area contributed by atoms with Crippen LogP contribution in [0.1, 0.15) is 37.5 Å². The van der Waals surface area contributed by atoms with Crippen molar-refractivity contribution in [2.45, 2.75) is 32.9 Å². The first-order valence-corrected chi connectivity index (χ1v) is 6.30. The van der Waals surface area contributed by atoms with Gasteiger partial charge in [0.2, 0.25) is 0 Å². The van der Waals surface area contributed by atoms with Gasteiger partial charge >= 0.3 is 6.03 Å². The molecule has 1 heterocycles. The molecule has 1 aliphatic rings. The molecule has 4 heteroatoms. The van der Waals surface area contributed by atoms with E-state index in [4.69, 9.17) is 0 Å². The van der Waals surface area contributed by atoms with Crippen LogP contribution in [0.3, 0.4) is 0 Å². The van der Waals surface area contributed by atoms with Gasteiger partial charge in [-0.05, 0) is 35.6 Å². The van der Waals surface area contributed by atoms with E-state index in [1.165, 1.54) is 0 Å². The first kappa shape index (κ1) is 12.9. The molecular formula is C14H20N2O2. The van der Waals surface area contributed by atoms with Gasteiger partial charge in [-0.1, -0.05) is 19.9 Å². The highest BCUT2D eigenvalue weighted by Gasteiger charge is 2.20. The van der Waals surface area contributed by atoms with E-state index in [0.717, 1.165) is 23.2 Å². The molecule has 1 aromatic carbocycles. The second kappa shape index (κ2) is 4.98. The van der Waals surface area contributed by atoms with Crippen LogP contribution in [0.5, 0.6) is 0 Å². The number of rotatable bonds is 3. The van der Waals surface area contributed by atoms with Gasteiger partial charge in [0.15, 0.2) is 0 Å². The maximum Gasteiger partial charge on any atom is 0.321 e. The van der Waals surface area contributed by atoms with Gasteiger partial charge in [0.05, 0.1) is 6.10 Å². The fraction of sp³-hybridized carbons (Fsp3) is 0.500. The summed E-state index contributed by atoms with van der Waals surface area (Å²) in [4.78, 5) is 13.1. The third-order valence-electron chi connectivity index (χ3n) is 3.20. The van der Waals surface area contributed by atoms with Gasteiger partial charge in [-0.3, -0.25) is 0 Å². The predicted octanol–water partition coefficient (Wildman–Crippen LogP) is 2.74. The molecule has 2 N–H and O–H groups in total. The van der Waals surface area contributed by atoms with E-state index in [9.17, 15) is 9.90 Å². The quantitative estimate of drug-likeness (QED) is 0.864. The third-order valence-corrected chi connectivity index (χ3v) is 3.20. The Balaban J connectivity index is 2.22. The zero-order chi connectivity index (χ0) is 13.3. The van der Waals surface area contributed by atoms with Crippen molar-refractivity contribution >= 4 is 11.7 Å². The molecule has 4 nitrogen and oxygen atoms in total. The van der Waals surface area contributed by atoms with Crippen LogP contribution in [0, 0.1) is 5.92 Å². The number of fused-ring (bicyclic) bond motifs is 1. The van der Waals surface area contributed by atoms with Crippen LogP contribution < -0.4 is 5.32 Å². The molecule has 0 aliphatic carbocycles. The molecule has 0 spiro atoms. The molecule has 0 saturated heterocycles. The zero-order valence-corrected chi connectivity index (χ0v) is 11.1. The number of aliphatic hydroxyl groups excluding tert-OH is 1. The van der Waals surface area contributed by atoms with Crippen LogP contribution in [0.15, 0.2) is 18.2 Å². The van der Waals surface area contributed by atoms with Gasteiger partial charge in [-0.2, -0.15) is 0 Å². The van der Waals surface area contributed by atoms with Gasteiger partial charge in [0, 0.05) is 19.3 Å². The smallest absolute Gasteiger partial charge is 0.321 e. The van der Waals surface area contributed by atoms with Gasteiger partial charge in [0.1, 0.15) is 0 Å². The molecule has 1 aromatic rings. The summed E-state index contributed by atoms with van der Waals surface area (Å²) >= 11 is 0. The van der Waals surface area contributed by atoms with E-state index in [0.29, 0.717) is 12.5 Å². The second-order valence-electron chi connectivity index (χ2n) is 5.35. The monoisotopic (exact) mass is 248 g/mol. The summed E-state index contributed by atoms with van der Waals surface area (Å²) in [5, 5.41) is 12.9. The summed E-state index contributed by atoms with van der Waals surface area (Å²) in [7, 11) is 1.76. The largest absolute Gasteiger partial charge is 0.388 e. The number of nitrogens with one attached hydrogen (secondary N) is 1. The minimum atomic E-state index is -0.432. The first-order valence-electron chi connectivity index (χ1n) is 6.30. The van der Waals surface area contributed by atoms with Crippen LogP contribution in [-0.2, 0) is 6.54 Å². The van der Waals surface area contributed by atoms with Crippen molar-refractivity contribution in [2.75, 3.05) is 12.4 Å². The number of urea groups is 1. The molecule has 2 amide bonds. The molecule has 1 atom stereocenters. The molecule has 0 bridgehead atoms. The Kier molecular flexibility index (Phi) is 3.57. The van der Waals surface area contributed by atoms with Gasteiger partial charge in [0.25, 0.3) is 0 Å². The van der Waals surface area contributed by atoms with E-state index >= 15 is 0 Å². The van der Waals surface area contributed by atoms with Crippen molar-refractivity contribution in [3.63, 3.8) is 0 Å². The minimum Gasteiger partial charge on any atom is -0.388 e. The van der Waals surface area contributed by atoms with Crippen LogP contribution in [0.25, 0.3) is 0 Å². The number of amides is 2. The number of nitrogens with zero attached hydrogens (tertiary/aromatic N) is 1. The average Bonchev–Trinajstić information content (AvgIpc) is 2.29. The summed E-state index contributed by atoms with van der Waals surface area (Å²) in [6.45, 7) is 4.77. The highest BCUT2D eigenvalue weighted by atomic mass is 16.3. The maximum atomic E-state index is 11.5. The van der Waals surface area contributed by atoms with Crippen LogP contribution >= 0.6 is 0 Å². The van der Waals surface area contributed by atoms with E-state index in [-0.39, 0.29) is 6.03 Å². The van der Waals surface area contributed by atoms with Crippen molar-refractivity contribution in [1.29, 1.82) is 0 Å². The normalized spacial score (nSPS) is 16.5. The van der Waals surface area contributed by atoms with Crippen molar-refractivity contribution in [2.24, 2.45) is 5.92 Å². The van der Waals surface area contributed by atoms with E-state index in [1.54, 1.807) is 11.9 Å². The number of hydrogen-bond donors (Lipinski definition) is 2.